The lowest BCUT2D eigenvalue weighted by Gasteiger charge is -2.17. The Morgan fingerprint density at radius 3 is 2.75 bits per heavy atom. The number of hydrogen-bond acceptors (Lipinski definition) is 3. The number of hydrogen-bond donors (Lipinski definition) is 0. The molecule has 0 atom stereocenters. The largest absolute Gasteiger partial charge is 0.303 e. The normalized spacial score (nSPS) is 14.0. The number of benzene rings is 1. The SMILES string of the molecule is Cn1nccc1CCN1C(=O)C(=O)c2cccc(Cl)c21. The second kappa shape index (κ2) is 4.76. The molecule has 6 heteroatoms. The highest BCUT2D eigenvalue weighted by Crippen LogP contribution is 2.35. The lowest BCUT2D eigenvalue weighted by atomic mass is 10.1. The molecule has 0 bridgehead atoms. The van der Waals surface area contributed by atoms with Crippen LogP contribution in [0.4, 0.5) is 5.69 Å². The van der Waals surface area contributed by atoms with E-state index in [1.165, 1.54) is 4.90 Å². The predicted molar refractivity (Wildman–Crippen MR) is 75.0 cm³/mol. The Hall–Kier alpha value is -2.14. The van der Waals surface area contributed by atoms with Crippen LogP contribution in [0.3, 0.4) is 0 Å². The maximum absolute atomic E-state index is 12.1. The van der Waals surface area contributed by atoms with E-state index < -0.39 is 11.7 Å². The van der Waals surface area contributed by atoms with E-state index >= 15 is 0 Å². The minimum absolute atomic E-state index is 0.382. The van der Waals surface area contributed by atoms with Crippen molar-refractivity contribution in [1.29, 1.82) is 0 Å². The number of aryl methyl sites for hydroxylation is 1. The number of anilines is 1. The van der Waals surface area contributed by atoms with Gasteiger partial charge >= 0.3 is 0 Å². The van der Waals surface area contributed by atoms with Gasteiger partial charge < -0.3 is 4.90 Å². The van der Waals surface area contributed by atoms with Gasteiger partial charge in [0.2, 0.25) is 0 Å². The third-order valence-electron chi connectivity index (χ3n) is 3.45. The summed E-state index contributed by atoms with van der Waals surface area (Å²) in [6.07, 6.45) is 2.31. The molecule has 102 valence electrons. The van der Waals surface area contributed by atoms with Gasteiger partial charge in [-0.3, -0.25) is 14.3 Å². The first-order chi connectivity index (χ1) is 9.59. The minimum atomic E-state index is -0.518. The van der Waals surface area contributed by atoms with Crippen molar-refractivity contribution in [2.75, 3.05) is 11.4 Å². The first-order valence-electron chi connectivity index (χ1n) is 6.21. The monoisotopic (exact) mass is 289 g/mol. The molecule has 1 amide bonds. The molecule has 1 aliphatic rings. The van der Waals surface area contributed by atoms with Gasteiger partial charge in [-0.25, -0.2) is 0 Å². The molecule has 0 fully saturated rings. The molecule has 5 nitrogen and oxygen atoms in total. The Bertz CT molecular complexity index is 708. The quantitative estimate of drug-likeness (QED) is 0.810. The molecule has 0 aliphatic carbocycles. The summed E-state index contributed by atoms with van der Waals surface area (Å²) >= 11 is 6.12. The summed E-state index contributed by atoms with van der Waals surface area (Å²) in [6.45, 7) is 0.404. The first kappa shape index (κ1) is 12.9. The van der Waals surface area contributed by atoms with E-state index in [0.717, 1.165) is 5.69 Å². The molecular formula is C14H12ClN3O2. The molecule has 0 saturated heterocycles. The number of nitrogens with zero attached hydrogens (tertiary/aromatic N) is 3. The molecule has 0 saturated carbocycles. The Kier molecular flexibility index (Phi) is 3.06. The molecule has 2 aromatic rings. The van der Waals surface area contributed by atoms with Crippen molar-refractivity contribution >= 4 is 29.0 Å². The van der Waals surface area contributed by atoms with Crippen LogP contribution in [-0.4, -0.2) is 28.0 Å². The Morgan fingerprint density at radius 1 is 1.25 bits per heavy atom. The summed E-state index contributed by atoms with van der Waals surface area (Å²) in [6, 6.07) is 6.88. The van der Waals surface area contributed by atoms with E-state index in [0.29, 0.717) is 29.2 Å². The number of carbonyl (C=O) groups excluding carboxylic acids is 2. The van der Waals surface area contributed by atoms with Gasteiger partial charge in [-0.05, 0) is 18.2 Å². The van der Waals surface area contributed by atoms with Crippen molar-refractivity contribution in [3.8, 4) is 0 Å². The molecule has 0 N–H and O–H groups in total. The van der Waals surface area contributed by atoms with Crippen molar-refractivity contribution < 1.29 is 9.59 Å². The van der Waals surface area contributed by atoms with Crippen molar-refractivity contribution in [3.63, 3.8) is 0 Å². The summed E-state index contributed by atoms with van der Waals surface area (Å²) in [5.41, 5.74) is 1.89. The van der Waals surface area contributed by atoms with Crippen LogP contribution in [0.15, 0.2) is 30.5 Å². The van der Waals surface area contributed by atoms with E-state index in [2.05, 4.69) is 5.10 Å². The van der Waals surface area contributed by atoms with Gasteiger partial charge in [0.15, 0.2) is 0 Å². The van der Waals surface area contributed by atoms with E-state index in [1.54, 1.807) is 29.1 Å². The summed E-state index contributed by atoms with van der Waals surface area (Å²) in [5, 5.41) is 4.50. The molecular weight excluding hydrogens is 278 g/mol. The van der Waals surface area contributed by atoms with Crippen molar-refractivity contribution in [2.24, 2.45) is 7.05 Å². The lowest BCUT2D eigenvalue weighted by molar-refractivity contribution is -0.114. The predicted octanol–water partition coefficient (Wildman–Crippen LogP) is 1.85. The smallest absolute Gasteiger partial charge is 0.299 e. The number of carbonyl (C=O) groups is 2. The van der Waals surface area contributed by atoms with Gasteiger partial charge in [0.05, 0.1) is 16.3 Å². The molecule has 1 aromatic heterocycles. The third kappa shape index (κ3) is 1.91. The topological polar surface area (TPSA) is 55.2 Å². The van der Waals surface area contributed by atoms with Crippen LogP contribution < -0.4 is 4.90 Å². The zero-order chi connectivity index (χ0) is 14.3. The standard InChI is InChI=1S/C14H12ClN3O2/c1-17-9(5-7-16-17)6-8-18-12-10(13(19)14(18)20)3-2-4-11(12)15/h2-5,7H,6,8H2,1H3. The summed E-state index contributed by atoms with van der Waals surface area (Å²) < 4.78 is 1.75. The Balaban J connectivity index is 1.90. The van der Waals surface area contributed by atoms with Gasteiger partial charge in [0.25, 0.3) is 11.7 Å². The number of halogens is 1. The van der Waals surface area contributed by atoms with E-state index in [4.69, 9.17) is 11.6 Å². The van der Waals surface area contributed by atoms with E-state index in [-0.39, 0.29) is 0 Å². The molecule has 1 aliphatic heterocycles. The van der Waals surface area contributed by atoms with Crippen molar-refractivity contribution in [1.82, 2.24) is 9.78 Å². The van der Waals surface area contributed by atoms with Crippen LogP contribution in [0.2, 0.25) is 5.02 Å². The maximum atomic E-state index is 12.1. The van der Waals surface area contributed by atoms with Crippen LogP contribution in [0.1, 0.15) is 16.1 Å². The fourth-order valence-electron chi connectivity index (χ4n) is 2.40. The minimum Gasteiger partial charge on any atom is -0.303 e. The van der Waals surface area contributed by atoms with Crippen molar-refractivity contribution in [3.05, 3.63) is 46.7 Å². The molecule has 0 unspecified atom stereocenters. The van der Waals surface area contributed by atoms with Crippen LogP contribution in [-0.2, 0) is 18.3 Å². The van der Waals surface area contributed by atoms with Gasteiger partial charge in [0, 0.05) is 31.9 Å². The Labute approximate surface area is 120 Å². The molecule has 1 aromatic carbocycles. The second-order valence-corrected chi connectivity index (χ2v) is 5.03. The lowest BCUT2D eigenvalue weighted by Crippen LogP contribution is -2.32. The number of rotatable bonds is 3. The van der Waals surface area contributed by atoms with Gasteiger partial charge in [0.1, 0.15) is 0 Å². The zero-order valence-corrected chi connectivity index (χ0v) is 11.6. The molecule has 0 spiro atoms. The van der Waals surface area contributed by atoms with Crippen LogP contribution in [0.5, 0.6) is 0 Å². The second-order valence-electron chi connectivity index (χ2n) is 4.62. The van der Waals surface area contributed by atoms with Crippen LogP contribution in [0.25, 0.3) is 0 Å². The molecule has 0 radical (unpaired) electrons. The Morgan fingerprint density at radius 2 is 2.05 bits per heavy atom. The van der Waals surface area contributed by atoms with Crippen LogP contribution >= 0.6 is 11.6 Å². The fourth-order valence-corrected chi connectivity index (χ4v) is 2.68. The highest BCUT2D eigenvalue weighted by molar-refractivity contribution is 6.54. The molecule has 3 rings (SSSR count). The number of aromatic nitrogens is 2. The summed E-state index contributed by atoms with van der Waals surface area (Å²) in [5.74, 6) is -1.01. The van der Waals surface area contributed by atoms with Crippen LogP contribution in [0, 0.1) is 0 Å². The van der Waals surface area contributed by atoms with Crippen molar-refractivity contribution in [2.45, 2.75) is 6.42 Å². The molecule has 2 heterocycles. The average Bonchev–Trinajstić information content (AvgIpc) is 2.94. The summed E-state index contributed by atoms with van der Waals surface area (Å²) in [7, 11) is 1.84. The number of Topliss-reactive ketones (excluding diaryl/α,β-unsaturated/α-hetero) is 1. The van der Waals surface area contributed by atoms with E-state index in [9.17, 15) is 9.59 Å². The number of ketones is 1. The maximum Gasteiger partial charge on any atom is 0.299 e. The highest BCUT2D eigenvalue weighted by atomic mass is 35.5. The third-order valence-corrected chi connectivity index (χ3v) is 3.76. The zero-order valence-electron chi connectivity index (χ0n) is 10.8. The number of amides is 1. The highest BCUT2D eigenvalue weighted by Gasteiger charge is 2.36. The molecule has 20 heavy (non-hydrogen) atoms. The first-order valence-corrected chi connectivity index (χ1v) is 6.59. The van der Waals surface area contributed by atoms with Gasteiger partial charge in [-0.1, -0.05) is 17.7 Å². The summed E-state index contributed by atoms with van der Waals surface area (Å²) in [4.78, 5) is 25.4. The number of para-hydroxylation sites is 1. The van der Waals surface area contributed by atoms with Gasteiger partial charge in [-0.2, -0.15) is 5.10 Å². The van der Waals surface area contributed by atoms with E-state index in [1.807, 2.05) is 13.1 Å². The number of fused-ring (bicyclic) bond motifs is 1. The van der Waals surface area contributed by atoms with Gasteiger partial charge in [-0.15, -0.1) is 0 Å². The fraction of sp³-hybridized carbons (Fsp3) is 0.214. The average molecular weight is 290 g/mol.